The van der Waals surface area contributed by atoms with Crippen LogP contribution in [0.2, 0.25) is 0 Å². The molecule has 0 aromatic rings. The van der Waals surface area contributed by atoms with E-state index in [1.54, 1.807) is 0 Å². The van der Waals surface area contributed by atoms with E-state index in [-0.39, 0.29) is 5.91 Å². The normalized spacial score (nSPS) is 17.7. The molecule has 0 bridgehead atoms. The number of hydrogen-bond acceptors (Lipinski definition) is 4. The zero-order valence-electron chi connectivity index (χ0n) is 13.5. The first-order chi connectivity index (χ1) is 11.2. The Hall–Kier alpha value is -1.59. The molecule has 0 saturated carbocycles. The minimum atomic E-state index is -0.190. The first-order valence-corrected chi connectivity index (χ1v) is 9.85. The first kappa shape index (κ1) is 19.5. The molecule has 1 unspecified atom stereocenters. The predicted molar refractivity (Wildman–Crippen MR) is 105 cm³/mol. The molecule has 0 saturated heterocycles. The molecule has 0 spiro atoms. The van der Waals surface area contributed by atoms with Gasteiger partial charge >= 0.3 is 0 Å². The van der Waals surface area contributed by atoms with E-state index in [4.69, 9.17) is 0 Å². The third kappa shape index (κ3) is 8.57. The van der Waals surface area contributed by atoms with E-state index in [1.807, 2.05) is 46.7 Å². The van der Waals surface area contributed by atoms with Crippen LogP contribution in [0.5, 0.6) is 0 Å². The van der Waals surface area contributed by atoms with E-state index in [9.17, 15) is 4.79 Å². The molecule has 1 atom stereocenters. The Morgan fingerprint density at radius 1 is 1.48 bits per heavy atom. The highest BCUT2D eigenvalue weighted by molar-refractivity contribution is 8.77. The predicted octanol–water partition coefficient (Wildman–Crippen LogP) is 4.12. The van der Waals surface area contributed by atoms with Gasteiger partial charge in [0, 0.05) is 28.9 Å². The molecule has 1 aliphatic rings. The van der Waals surface area contributed by atoms with Gasteiger partial charge in [0.1, 0.15) is 0 Å². The van der Waals surface area contributed by atoms with Crippen LogP contribution in [-0.4, -0.2) is 23.5 Å². The third-order valence-electron chi connectivity index (χ3n) is 2.93. The molecule has 23 heavy (non-hydrogen) atoms. The van der Waals surface area contributed by atoms with E-state index in [0.717, 1.165) is 24.4 Å². The summed E-state index contributed by atoms with van der Waals surface area (Å²) in [5.41, 5.74) is 1.96. The first-order valence-electron chi connectivity index (χ1n) is 7.47. The highest BCUT2D eigenvalue weighted by Crippen LogP contribution is 2.32. The summed E-state index contributed by atoms with van der Waals surface area (Å²) in [6, 6.07) is 0. The largest absolute Gasteiger partial charge is 0.382 e. The summed E-state index contributed by atoms with van der Waals surface area (Å²) in [6.45, 7) is 9.82. The van der Waals surface area contributed by atoms with Crippen LogP contribution in [0.1, 0.15) is 13.3 Å². The summed E-state index contributed by atoms with van der Waals surface area (Å²) in [5, 5.41) is 6.54. The lowest BCUT2D eigenvalue weighted by Gasteiger charge is -2.15. The fourth-order valence-corrected chi connectivity index (χ4v) is 3.91. The van der Waals surface area contributed by atoms with Crippen LogP contribution in [0.15, 0.2) is 73.2 Å². The van der Waals surface area contributed by atoms with E-state index < -0.39 is 0 Å². The summed E-state index contributed by atoms with van der Waals surface area (Å²) >= 11 is 0. The lowest BCUT2D eigenvalue weighted by atomic mass is 10.1. The minimum absolute atomic E-state index is 0.190. The van der Waals surface area contributed by atoms with Crippen molar-refractivity contribution in [2.24, 2.45) is 0 Å². The lowest BCUT2D eigenvalue weighted by molar-refractivity contribution is -0.115. The highest BCUT2D eigenvalue weighted by Gasteiger charge is 2.08. The summed E-state index contributed by atoms with van der Waals surface area (Å²) in [5.74, 6) is 0.700. The van der Waals surface area contributed by atoms with Crippen molar-refractivity contribution in [1.82, 2.24) is 10.6 Å². The Morgan fingerprint density at radius 3 is 2.91 bits per heavy atom. The van der Waals surface area contributed by atoms with Crippen LogP contribution in [0, 0.1) is 0 Å². The Morgan fingerprint density at radius 2 is 2.30 bits per heavy atom. The molecule has 0 aromatic heterocycles. The summed E-state index contributed by atoms with van der Waals surface area (Å²) in [6.07, 6.45) is 16.6. The van der Waals surface area contributed by atoms with Crippen LogP contribution >= 0.6 is 21.6 Å². The Kier molecular flexibility index (Phi) is 10.1. The summed E-state index contributed by atoms with van der Waals surface area (Å²) in [7, 11) is 3.67. The molecule has 1 amide bonds. The van der Waals surface area contributed by atoms with Crippen molar-refractivity contribution < 1.29 is 4.79 Å². The molecule has 5 heteroatoms. The number of nitrogens with one attached hydrogen (secondary N) is 2. The second kappa shape index (κ2) is 11.9. The van der Waals surface area contributed by atoms with E-state index >= 15 is 0 Å². The van der Waals surface area contributed by atoms with Gasteiger partial charge in [-0.25, -0.2) is 0 Å². The summed E-state index contributed by atoms with van der Waals surface area (Å²) in [4.78, 5) is 11.2. The standard InChI is InChI=1S/C18H24N2OS2/c1-4-13-19-16-9-11-17(12-10-16)23-22-14-7-8-15(5-2)20-18(21)6-3/h4-11,17,19H,1,3,12-14H2,2H3,(H,20,21)/b8-7-,15-5+. The maximum absolute atomic E-state index is 11.2. The van der Waals surface area contributed by atoms with Crippen molar-refractivity contribution >= 4 is 27.5 Å². The van der Waals surface area contributed by atoms with Crippen LogP contribution in [0.25, 0.3) is 0 Å². The molecule has 1 aliphatic carbocycles. The molecule has 124 valence electrons. The van der Waals surface area contributed by atoms with Gasteiger partial charge in [0.25, 0.3) is 0 Å². The van der Waals surface area contributed by atoms with Gasteiger partial charge in [0.15, 0.2) is 0 Å². The van der Waals surface area contributed by atoms with Gasteiger partial charge in [-0.05, 0) is 31.6 Å². The van der Waals surface area contributed by atoms with E-state index in [1.165, 1.54) is 11.8 Å². The average molecular weight is 349 g/mol. The lowest BCUT2D eigenvalue weighted by Crippen LogP contribution is -2.18. The van der Waals surface area contributed by atoms with Gasteiger partial charge in [-0.1, -0.05) is 58.5 Å². The SMILES string of the molecule is C=CCNC1=CCC(SSC/C=C\C(=C/C)NC(=O)C=C)C=C1. The number of hydrogen-bond donors (Lipinski definition) is 2. The minimum Gasteiger partial charge on any atom is -0.382 e. The molecule has 0 aliphatic heterocycles. The highest BCUT2D eigenvalue weighted by atomic mass is 33.1. The van der Waals surface area contributed by atoms with Crippen LogP contribution in [0.3, 0.4) is 0 Å². The van der Waals surface area contributed by atoms with Crippen molar-refractivity contribution in [1.29, 1.82) is 0 Å². The van der Waals surface area contributed by atoms with Crippen molar-refractivity contribution in [3.05, 3.63) is 73.2 Å². The molecule has 0 heterocycles. The van der Waals surface area contributed by atoms with Crippen molar-refractivity contribution in [3.8, 4) is 0 Å². The van der Waals surface area contributed by atoms with Gasteiger partial charge < -0.3 is 10.6 Å². The Labute approximate surface area is 147 Å². The number of amides is 1. The third-order valence-corrected chi connectivity index (χ3v) is 5.55. The van der Waals surface area contributed by atoms with Crippen LogP contribution in [-0.2, 0) is 4.79 Å². The van der Waals surface area contributed by atoms with E-state index in [2.05, 4.69) is 48.1 Å². The molecule has 0 radical (unpaired) electrons. The molecule has 1 rings (SSSR count). The number of carbonyl (C=O) groups excluding carboxylic acids is 1. The van der Waals surface area contributed by atoms with Crippen molar-refractivity contribution in [3.63, 3.8) is 0 Å². The average Bonchev–Trinajstić information content (AvgIpc) is 2.59. The second-order valence-corrected chi connectivity index (χ2v) is 7.33. The van der Waals surface area contributed by atoms with Gasteiger partial charge in [0.2, 0.25) is 5.91 Å². The molecule has 0 fully saturated rings. The molecular weight excluding hydrogens is 324 g/mol. The smallest absolute Gasteiger partial charge is 0.247 e. The van der Waals surface area contributed by atoms with Crippen molar-refractivity contribution in [2.75, 3.05) is 12.3 Å². The number of rotatable bonds is 10. The Balaban J connectivity index is 2.23. The monoisotopic (exact) mass is 348 g/mol. The molecule has 2 N–H and O–H groups in total. The topological polar surface area (TPSA) is 41.1 Å². The van der Waals surface area contributed by atoms with Gasteiger partial charge in [-0.2, -0.15) is 0 Å². The number of allylic oxidation sites excluding steroid dienone is 4. The molecule has 3 nitrogen and oxygen atoms in total. The van der Waals surface area contributed by atoms with Crippen LogP contribution in [0.4, 0.5) is 0 Å². The summed E-state index contributed by atoms with van der Waals surface area (Å²) < 4.78 is 0. The quantitative estimate of drug-likeness (QED) is 0.205. The second-order valence-electron chi connectivity index (χ2n) is 4.68. The molecular formula is C18H24N2OS2. The fourth-order valence-electron chi connectivity index (χ4n) is 1.74. The molecule has 0 aromatic carbocycles. The van der Waals surface area contributed by atoms with E-state index in [0.29, 0.717) is 5.25 Å². The van der Waals surface area contributed by atoms with Gasteiger partial charge in [-0.3, -0.25) is 4.79 Å². The zero-order valence-corrected chi connectivity index (χ0v) is 15.1. The number of carbonyl (C=O) groups is 1. The zero-order chi connectivity index (χ0) is 16.9. The van der Waals surface area contributed by atoms with Crippen LogP contribution < -0.4 is 10.6 Å². The maximum atomic E-state index is 11.2. The Bertz CT molecular complexity index is 533. The maximum Gasteiger partial charge on any atom is 0.247 e. The van der Waals surface area contributed by atoms with Gasteiger partial charge in [0.05, 0.1) is 0 Å². The fraction of sp³-hybridized carbons (Fsp3) is 0.278. The van der Waals surface area contributed by atoms with Crippen molar-refractivity contribution in [2.45, 2.75) is 18.6 Å². The van der Waals surface area contributed by atoms with Gasteiger partial charge in [-0.15, -0.1) is 6.58 Å².